The van der Waals surface area contributed by atoms with Gasteiger partial charge in [-0.3, -0.25) is 52.7 Å². The average Bonchev–Trinajstić information content (AvgIpc) is 2.50. The van der Waals surface area contributed by atoms with Crippen LogP contribution < -0.4 is 21.3 Å². The number of carbonyl (C=O) groups is 11. The summed E-state index contributed by atoms with van der Waals surface area (Å²) in [5, 5.41) is 23.3. The van der Waals surface area contributed by atoms with Crippen molar-refractivity contribution in [2.45, 2.75) is 242 Å². The molecule has 2 fully saturated rings. The number of allylic oxidation sites excluding steroid dienone is 2. The van der Waals surface area contributed by atoms with Gasteiger partial charge in [0.25, 0.3) is 0 Å². The molecule has 0 radical (unpaired) electrons. The van der Waals surface area contributed by atoms with Crippen LogP contribution in [-0.4, -0.2) is 226 Å². The molecule has 11 amide bonds. The monoisotopic (exact) mass is 1230 g/mol. The van der Waals surface area contributed by atoms with E-state index in [-0.39, 0.29) is 68.7 Å². The van der Waals surface area contributed by atoms with E-state index in [4.69, 9.17) is 0 Å². The summed E-state index contributed by atoms with van der Waals surface area (Å²) in [4.78, 5) is 171. The van der Waals surface area contributed by atoms with E-state index < -0.39 is 155 Å². The largest absolute Gasteiger partial charge is 0.390 e. The van der Waals surface area contributed by atoms with Crippen LogP contribution in [0.4, 0.5) is 0 Å². The molecule has 2 saturated heterocycles. The van der Waals surface area contributed by atoms with Crippen molar-refractivity contribution in [2.24, 2.45) is 41.4 Å². The summed E-state index contributed by atoms with van der Waals surface area (Å²) >= 11 is 0. The summed E-state index contributed by atoms with van der Waals surface area (Å²) in [6.07, 6.45) is 3.80. The molecule has 0 aromatic carbocycles. The summed E-state index contributed by atoms with van der Waals surface area (Å²) in [6, 6.07) is -13.3. The minimum absolute atomic E-state index is 0.0495. The molecule has 2 heterocycles. The van der Waals surface area contributed by atoms with Gasteiger partial charge in [-0.25, -0.2) is 0 Å². The molecule has 0 aromatic rings. The lowest BCUT2D eigenvalue weighted by Crippen LogP contribution is -2.64. The van der Waals surface area contributed by atoms with Crippen LogP contribution in [0.1, 0.15) is 169 Å². The number of likely N-dealkylation sites (N-methyl/N-ethyl adjacent to an activating group) is 6. The Bertz CT molecular complexity index is 2410. The second-order valence-electron chi connectivity index (χ2n) is 27.0. The lowest BCUT2D eigenvalue weighted by atomic mass is 9.91. The SMILES string of the molecule is C/C=C/C[C@@H](C)[C@@H](O)[C@H]1C(=O)N[C@@H](CC)C(=O)N2CCC[C@H]2C(=O)N(C)[C@@H](CC(C)C)C(=O)N[C@@H](C(C)C)C(=O)N(C)[C@@H](CC(C)C)C(=O)N[C@@H](C)C(=O)N[C@H](C)C(=O)N(C)[C@@H](CC(C)C)C(=O)N(C)[C@@H](CC(C)C)C(=O)N(C)[C@@H](C(C)C)C(=O)N1C. The number of nitrogens with zero attached hydrogens (tertiary/aromatic N) is 7. The Balaban J connectivity index is 3.01. The molecular formula is C64H113N11O12. The fourth-order valence-corrected chi connectivity index (χ4v) is 11.7. The zero-order chi connectivity index (χ0) is 67.0. The van der Waals surface area contributed by atoms with Crippen LogP contribution in [0.5, 0.6) is 0 Å². The minimum atomic E-state index is -1.60. The van der Waals surface area contributed by atoms with E-state index in [1.165, 1.54) is 85.5 Å². The third kappa shape index (κ3) is 20.5. The zero-order valence-electron chi connectivity index (χ0n) is 57.1. The van der Waals surface area contributed by atoms with Gasteiger partial charge in [-0.2, -0.15) is 0 Å². The van der Waals surface area contributed by atoms with E-state index in [9.17, 15) is 48.3 Å². The first-order chi connectivity index (χ1) is 40.3. The van der Waals surface area contributed by atoms with Gasteiger partial charge in [0, 0.05) is 48.8 Å². The molecule has 13 atom stereocenters. The molecule has 0 saturated carbocycles. The number of rotatable bonds is 15. The fraction of sp³-hybridized carbons (Fsp3) is 0.797. The number of carbonyl (C=O) groups excluding carboxylic acids is 11. The van der Waals surface area contributed by atoms with Crippen molar-refractivity contribution in [1.82, 2.24) is 55.6 Å². The van der Waals surface area contributed by atoms with Crippen molar-refractivity contribution in [1.29, 1.82) is 0 Å². The maximum atomic E-state index is 15.2. The van der Waals surface area contributed by atoms with Crippen LogP contribution >= 0.6 is 0 Å². The van der Waals surface area contributed by atoms with Gasteiger partial charge in [0.15, 0.2) is 0 Å². The van der Waals surface area contributed by atoms with Gasteiger partial charge >= 0.3 is 0 Å². The topological polar surface area (TPSA) is 279 Å². The highest BCUT2D eigenvalue weighted by atomic mass is 16.3. The van der Waals surface area contributed by atoms with E-state index in [0.29, 0.717) is 12.8 Å². The molecule has 23 heteroatoms. The highest BCUT2D eigenvalue weighted by Gasteiger charge is 2.47. The number of hydrogen-bond acceptors (Lipinski definition) is 12. The van der Waals surface area contributed by atoms with Gasteiger partial charge in [-0.15, -0.1) is 0 Å². The van der Waals surface area contributed by atoms with E-state index in [1.807, 2.05) is 68.4 Å². The van der Waals surface area contributed by atoms with Crippen LogP contribution in [0.15, 0.2) is 12.2 Å². The quantitative estimate of drug-likeness (QED) is 0.147. The number of aliphatic hydroxyl groups excluding tert-OH is 1. The molecule has 0 aliphatic carbocycles. The van der Waals surface area contributed by atoms with Crippen molar-refractivity contribution >= 4 is 65.0 Å². The number of amides is 11. The lowest BCUT2D eigenvalue weighted by molar-refractivity contribution is -0.157. The van der Waals surface area contributed by atoms with Crippen LogP contribution in [0.25, 0.3) is 0 Å². The number of hydrogen-bond donors (Lipinski definition) is 5. The minimum Gasteiger partial charge on any atom is -0.390 e. The Morgan fingerprint density at radius 1 is 0.471 bits per heavy atom. The second kappa shape index (κ2) is 34.6. The molecule has 496 valence electrons. The standard InChI is InChI=1S/C64H113N11O12/c1-24-26-28-41(15)53(76)52-57(80)67-44(25-2)59(82)75-30-27-29-45(75)60(83)69(18)47(32-36(5)6)56(79)68-50(39(11)12)63(86)70(19)46(31-35(3)4)55(78)65-42(16)54(77)66-43(17)58(81)71(20)48(33-37(7)8)61(84)72(21)49(34-38(9)10)62(85)73(22)51(40(13)14)64(87)74(52)23/h24,26,35-53,76H,25,27-34H2,1-23H3,(H,65,78)(H,66,77)(H,67,80)(H,68,79)/b26-24+/t41-,42+,43-,44+,45+,46+,47+,48+,49+,50+,51+,52+,53-/m1/s1. The van der Waals surface area contributed by atoms with Gasteiger partial charge in [0.2, 0.25) is 65.0 Å². The fourth-order valence-electron chi connectivity index (χ4n) is 11.7. The Hall–Kier alpha value is -6.13. The van der Waals surface area contributed by atoms with Crippen LogP contribution in [-0.2, 0) is 52.7 Å². The number of fused-ring (bicyclic) bond motifs is 1. The molecule has 0 bridgehead atoms. The normalized spacial score (nSPS) is 28.0. The molecule has 23 nitrogen and oxygen atoms in total. The Morgan fingerprint density at radius 2 is 0.897 bits per heavy atom. The van der Waals surface area contributed by atoms with Crippen molar-refractivity contribution in [3.63, 3.8) is 0 Å². The zero-order valence-corrected chi connectivity index (χ0v) is 57.1. The summed E-state index contributed by atoms with van der Waals surface area (Å²) in [7, 11) is 8.66. The predicted molar refractivity (Wildman–Crippen MR) is 336 cm³/mol. The summed E-state index contributed by atoms with van der Waals surface area (Å²) < 4.78 is 0. The molecule has 2 rings (SSSR count). The van der Waals surface area contributed by atoms with Crippen molar-refractivity contribution in [3.8, 4) is 0 Å². The van der Waals surface area contributed by atoms with Crippen molar-refractivity contribution < 1.29 is 57.8 Å². The van der Waals surface area contributed by atoms with Crippen LogP contribution in [0, 0.1) is 41.4 Å². The molecule has 87 heavy (non-hydrogen) atoms. The van der Waals surface area contributed by atoms with Crippen LogP contribution in [0.2, 0.25) is 0 Å². The highest BCUT2D eigenvalue weighted by molar-refractivity contribution is 6.00. The van der Waals surface area contributed by atoms with E-state index in [0.717, 1.165) is 4.90 Å². The van der Waals surface area contributed by atoms with Gasteiger partial charge in [0.05, 0.1) is 6.10 Å². The highest BCUT2D eigenvalue weighted by Crippen LogP contribution is 2.27. The first kappa shape index (κ1) is 77.0. The van der Waals surface area contributed by atoms with Crippen molar-refractivity contribution in [2.75, 3.05) is 48.8 Å². The van der Waals surface area contributed by atoms with E-state index >= 15 is 9.59 Å². The number of nitrogens with one attached hydrogen (secondary N) is 4. The summed E-state index contributed by atoms with van der Waals surface area (Å²) in [6.45, 7) is 30.2. The molecule has 0 spiro atoms. The Morgan fingerprint density at radius 3 is 1.36 bits per heavy atom. The third-order valence-electron chi connectivity index (χ3n) is 17.1. The Kier molecular flexibility index (Phi) is 30.6. The molecular weight excluding hydrogens is 1110 g/mol. The average molecular weight is 1230 g/mol. The third-order valence-corrected chi connectivity index (χ3v) is 17.1. The van der Waals surface area contributed by atoms with Crippen LogP contribution in [0.3, 0.4) is 0 Å². The molecule has 0 aromatic heterocycles. The first-order valence-corrected chi connectivity index (χ1v) is 31.7. The summed E-state index contributed by atoms with van der Waals surface area (Å²) in [5.74, 6) is -9.39. The number of aliphatic hydroxyl groups is 1. The predicted octanol–water partition coefficient (Wildman–Crippen LogP) is 3.80. The van der Waals surface area contributed by atoms with Gasteiger partial charge in [-0.05, 0) is 114 Å². The molecule has 5 N–H and O–H groups in total. The Labute approximate surface area is 520 Å². The maximum Gasteiger partial charge on any atom is 0.246 e. The van der Waals surface area contributed by atoms with Gasteiger partial charge < -0.3 is 60.7 Å². The maximum absolute atomic E-state index is 15.2. The lowest BCUT2D eigenvalue weighted by Gasteiger charge is -2.41. The van der Waals surface area contributed by atoms with Gasteiger partial charge in [-0.1, -0.05) is 109 Å². The van der Waals surface area contributed by atoms with Crippen molar-refractivity contribution in [3.05, 3.63) is 12.2 Å². The smallest absolute Gasteiger partial charge is 0.246 e. The first-order valence-electron chi connectivity index (χ1n) is 31.7. The molecule has 2 aliphatic rings. The van der Waals surface area contributed by atoms with E-state index in [2.05, 4.69) is 21.3 Å². The second-order valence-corrected chi connectivity index (χ2v) is 27.0. The molecule has 2 aliphatic heterocycles. The van der Waals surface area contributed by atoms with Gasteiger partial charge in [0.1, 0.15) is 66.5 Å². The summed E-state index contributed by atoms with van der Waals surface area (Å²) in [5.41, 5.74) is 0. The van der Waals surface area contributed by atoms with E-state index in [1.54, 1.807) is 47.6 Å². The molecule has 0 unspecified atom stereocenters.